The highest BCUT2D eigenvalue weighted by Crippen LogP contribution is 2.26. The second-order valence-corrected chi connectivity index (χ2v) is 6.04. The zero-order valence-corrected chi connectivity index (χ0v) is 12.7. The summed E-state index contributed by atoms with van der Waals surface area (Å²) in [6.45, 7) is 3.90. The Morgan fingerprint density at radius 1 is 1.09 bits per heavy atom. The molecule has 1 aliphatic carbocycles. The van der Waals surface area contributed by atoms with Crippen LogP contribution in [0.5, 0.6) is 0 Å². The molecule has 22 heavy (non-hydrogen) atoms. The monoisotopic (exact) mass is 296 g/mol. The van der Waals surface area contributed by atoms with Crippen molar-refractivity contribution in [1.82, 2.24) is 19.9 Å². The molecule has 4 rings (SSSR count). The molecule has 5 heteroatoms. The molecule has 112 valence electrons. The molecule has 0 unspecified atom stereocenters. The van der Waals surface area contributed by atoms with Crippen molar-refractivity contribution >= 4 is 11.2 Å². The first kappa shape index (κ1) is 13.4. The number of halogens is 1. The Kier molecular flexibility index (Phi) is 2.96. The molecular formula is C17H17FN4. The van der Waals surface area contributed by atoms with Gasteiger partial charge in [0.25, 0.3) is 0 Å². The van der Waals surface area contributed by atoms with Gasteiger partial charge in [-0.05, 0) is 55.4 Å². The molecule has 4 nitrogen and oxygen atoms in total. The van der Waals surface area contributed by atoms with Crippen molar-refractivity contribution in [3.05, 3.63) is 52.0 Å². The van der Waals surface area contributed by atoms with E-state index in [9.17, 15) is 4.39 Å². The van der Waals surface area contributed by atoms with Crippen LogP contribution in [0.2, 0.25) is 0 Å². The number of H-pyrrole nitrogens is 1. The lowest BCUT2D eigenvalue weighted by molar-refractivity contribution is 0.540. The second-order valence-electron chi connectivity index (χ2n) is 6.04. The van der Waals surface area contributed by atoms with Gasteiger partial charge in [-0.2, -0.15) is 9.37 Å². The van der Waals surface area contributed by atoms with Gasteiger partial charge in [0.05, 0.1) is 5.69 Å². The topological polar surface area (TPSA) is 54.5 Å². The van der Waals surface area contributed by atoms with Crippen LogP contribution in [0.3, 0.4) is 0 Å². The van der Waals surface area contributed by atoms with E-state index in [1.807, 2.05) is 0 Å². The predicted octanol–water partition coefficient (Wildman–Crippen LogP) is 3.19. The van der Waals surface area contributed by atoms with Gasteiger partial charge < -0.3 is 4.98 Å². The van der Waals surface area contributed by atoms with E-state index >= 15 is 0 Å². The Balaban J connectivity index is 1.73. The Hall–Kier alpha value is -2.30. The molecule has 0 atom stereocenters. The van der Waals surface area contributed by atoms with Crippen LogP contribution in [-0.2, 0) is 19.3 Å². The molecule has 1 aromatic carbocycles. The Labute approximate surface area is 127 Å². The Morgan fingerprint density at radius 2 is 1.86 bits per heavy atom. The standard InChI is InChI=1S/C17H17FN4/c1-9-6-11-4-3-5-12(11)7-13(9)8-14-20-15-10(2)19-17(18)22-16(15)21-14/h6-7H,3-5,8H2,1-2H3,(H,19,20,21,22). The smallest absolute Gasteiger partial charge is 0.310 e. The fraction of sp³-hybridized carbons (Fsp3) is 0.353. The van der Waals surface area contributed by atoms with Crippen LogP contribution in [0.4, 0.5) is 4.39 Å². The van der Waals surface area contributed by atoms with E-state index in [-0.39, 0.29) is 0 Å². The van der Waals surface area contributed by atoms with Crippen LogP contribution >= 0.6 is 0 Å². The molecule has 0 spiro atoms. The third-order valence-corrected chi connectivity index (χ3v) is 4.46. The first-order chi connectivity index (χ1) is 10.6. The van der Waals surface area contributed by atoms with E-state index in [1.54, 1.807) is 6.92 Å². The van der Waals surface area contributed by atoms with Crippen LogP contribution < -0.4 is 0 Å². The van der Waals surface area contributed by atoms with Crippen molar-refractivity contribution in [1.29, 1.82) is 0 Å². The summed E-state index contributed by atoms with van der Waals surface area (Å²) in [7, 11) is 0. The lowest BCUT2D eigenvalue weighted by atomic mass is 9.99. The number of nitrogens with zero attached hydrogens (tertiary/aromatic N) is 3. The molecule has 0 aliphatic heterocycles. The molecule has 0 saturated heterocycles. The first-order valence-corrected chi connectivity index (χ1v) is 7.60. The fourth-order valence-corrected chi connectivity index (χ4v) is 3.30. The highest BCUT2D eigenvalue weighted by molar-refractivity contribution is 5.72. The van der Waals surface area contributed by atoms with Gasteiger partial charge >= 0.3 is 6.08 Å². The van der Waals surface area contributed by atoms with Crippen molar-refractivity contribution in [2.45, 2.75) is 39.5 Å². The minimum atomic E-state index is -0.725. The molecule has 1 N–H and O–H groups in total. The lowest BCUT2D eigenvalue weighted by Crippen LogP contribution is -1.97. The van der Waals surface area contributed by atoms with Crippen LogP contribution in [0, 0.1) is 19.9 Å². The van der Waals surface area contributed by atoms with E-state index < -0.39 is 6.08 Å². The average molecular weight is 296 g/mol. The van der Waals surface area contributed by atoms with Gasteiger partial charge in [0.15, 0.2) is 5.65 Å². The number of hydrogen-bond donors (Lipinski definition) is 1. The van der Waals surface area contributed by atoms with Crippen LogP contribution in [-0.4, -0.2) is 19.9 Å². The number of nitrogens with one attached hydrogen (secondary N) is 1. The quantitative estimate of drug-likeness (QED) is 0.739. The summed E-state index contributed by atoms with van der Waals surface area (Å²) in [4.78, 5) is 15.1. The van der Waals surface area contributed by atoms with Gasteiger partial charge in [0.2, 0.25) is 0 Å². The van der Waals surface area contributed by atoms with E-state index in [0.717, 1.165) is 11.3 Å². The van der Waals surface area contributed by atoms with Gasteiger partial charge in [-0.1, -0.05) is 12.1 Å². The van der Waals surface area contributed by atoms with Crippen molar-refractivity contribution in [3.8, 4) is 0 Å². The average Bonchev–Trinajstić information content (AvgIpc) is 3.05. The summed E-state index contributed by atoms with van der Waals surface area (Å²) in [6, 6.07) is 4.59. The zero-order chi connectivity index (χ0) is 15.3. The summed E-state index contributed by atoms with van der Waals surface area (Å²) < 4.78 is 13.3. The maximum absolute atomic E-state index is 13.3. The van der Waals surface area contributed by atoms with E-state index in [2.05, 4.69) is 39.0 Å². The Bertz CT molecular complexity index is 882. The van der Waals surface area contributed by atoms with E-state index in [4.69, 9.17) is 0 Å². The number of aromatic nitrogens is 4. The van der Waals surface area contributed by atoms with Gasteiger partial charge in [0, 0.05) is 6.42 Å². The number of aromatic amines is 1. The summed E-state index contributed by atoms with van der Waals surface area (Å²) in [6.07, 6.45) is 3.58. The molecule has 0 radical (unpaired) electrons. The summed E-state index contributed by atoms with van der Waals surface area (Å²) in [5.74, 6) is 0.805. The number of hydrogen-bond acceptors (Lipinski definition) is 3. The van der Waals surface area contributed by atoms with Crippen molar-refractivity contribution in [2.75, 3.05) is 0 Å². The number of fused-ring (bicyclic) bond motifs is 2. The number of benzene rings is 1. The van der Waals surface area contributed by atoms with Gasteiger partial charge in [-0.3, -0.25) is 0 Å². The molecule has 0 saturated carbocycles. The maximum Gasteiger partial charge on any atom is 0.310 e. The summed E-state index contributed by atoms with van der Waals surface area (Å²) in [5.41, 5.74) is 7.20. The molecule has 0 amide bonds. The highest BCUT2D eigenvalue weighted by atomic mass is 19.1. The van der Waals surface area contributed by atoms with Gasteiger partial charge in [0.1, 0.15) is 11.3 Å². The van der Waals surface area contributed by atoms with Gasteiger partial charge in [-0.25, -0.2) is 9.97 Å². The minimum Gasteiger partial charge on any atom is -0.339 e. The normalized spacial score (nSPS) is 13.8. The van der Waals surface area contributed by atoms with Crippen molar-refractivity contribution < 1.29 is 4.39 Å². The summed E-state index contributed by atoms with van der Waals surface area (Å²) in [5, 5.41) is 0. The first-order valence-electron chi connectivity index (χ1n) is 7.60. The molecule has 0 fully saturated rings. The van der Waals surface area contributed by atoms with Crippen LogP contribution in [0.15, 0.2) is 12.1 Å². The predicted molar refractivity (Wildman–Crippen MR) is 82.4 cm³/mol. The van der Waals surface area contributed by atoms with E-state index in [1.165, 1.54) is 41.5 Å². The molecule has 0 bridgehead atoms. The number of aryl methyl sites for hydroxylation is 4. The second kappa shape index (κ2) is 4.87. The fourth-order valence-electron chi connectivity index (χ4n) is 3.30. The number of rotatable bonds is 2. The van der Waals surface area contributed by atoms with Crippen molar-refractivity contribution in [2.24, 2.45) is 0 Å². The third-order valence-electron chi connectivity index (χ3n) is 4.46. The minimum absolute atomic E-state index is 0.402. The largest absolute Gasteiger partial charge is 0.339 e. The zero-order valence-electron chi connectivity index (χ0n) is 12.7. The lowest BCUT2D eigenvalue weighted by Gasteiger charge is -2.08. The third kappa shape index (κ3) is 2.17. The molecular weight excluding hydrogens is 279 g/mol. The van der Waals surface area contributed by atoms with Crippen molar-refractivity contribution in [3.63, 3.8) is 0 Å². The molecule has 3 aromatic rings. The van der Waals surface area contributed by atoms with Gasteiger partial charge in [-0.15, -0.1) is 0 Å². The van der Waals surface area contributed by atoms with Crippen LogP contribution in [0.25, 0.3) is 11.2 Å². The molecule has 1 aliphatic rings. The SMILES string of the molecule is Cc1cc2c(cc1Cc1nc3nc(F)nc(C)c3[nH]1)CCC2. The highest BCUT2D eigenvalue weighted by Gasteiger charge is 2.15. The summed E-state index contributed by atoms with van der Waals surface area (Å²) >= 11 is 0. The maximum atomic E-state index is 13.3. The van der Waals surface area contributed by atoms with E-state index in [0.29, 0.717) is 17.8 Å². The molecule has 2 aromatic heterocycles. The number of imidazole rings is 1. The Morgan fingerprint density at radius 3 is 2.68 bits per heavy atom. The van der Waals surface area contributed by atoms with Crippen LogP contribution in [0.1, 0.15) is 40.2 Å². The molecule has 2 heterocycles.